The third kappa shape index (κ3) is 3.14. The van der Waals surface area contributed by atoms with Crippen molar-refractivity contribution in [1.29, 1.82) is 5.26 Å². The van der Waals surface area contributed by atoms with Gasteiger partial charge in [0.25, 0.3) is 0 Å². The van der Waals surface area contributed by atoms with Gasteiger partial charge in [-0.25, -0.2) is 0 Å². The van der Waals surface area contributed by atoms with E-state index in [0.29, 0.717) is 12.2 Å². The molecule has 1 aliphatic rings. The van der Waals surface area contributed by atoms with E-state index in [-0.39, 0.29) is 17.7 Å². The predicted octanol–water partition coefficient (Wildman–Crippen LogP) is 4.01. The lowest BCUT2D eigenvalue weighted by Gasteiger charge is -2.19. The second-order valence-corrected chi connectivity index (χ2v) is 6.58. The van der Waals surface area contributed by atoms with Crippen LogP contribution in [0.2, 0.25) is 0 Å². The average molecular weight is 331 g/mol. The highest BCUT2D eigenvalue weighted by Crippen LogP contribution is 2.34. The zero-order valence-corrected chi connectivity index (χ0v) is 14.4. The smallest absolute Gasteiger partial charge is 0.237 e. The lowest BCUT2D eigenvalue weighted by molar-refractivity contribution is -0.116. The number of hydrogen-bond donors (Lipinski definition) is 1. The van der Waals surface area contributed by atoms with Gasteiger partial charge >= 0.3 is 0 Å². The van der Waals surface area contributed by atoms with Gasteiger partial charge in [-0.2, -0.15) is 5.26 Å². The van der Waals surface area contributed by atoms with E-state index in [1.165, 1.54) is 0 Å². The van der Waals surface area contributed by atoms with E-state index in [1.54, 1.807) is 4.90 Å². The highest BCUT2D eigenvalue weighted by atomic mass is 16.2. The summed E-state index contributed by atoms with van der Waals surface area (Å²) >= 11 is 0. The minimum absolute atomic E-state index is 0.0372. The van der Waals surface area contributed by atoms with Crippen LogP contribution >= 0.6 is 0 Å². The first-order chi connectivity index (χ1) is 12.0. The van der Waals surface area contributed by atoms with E-state index in [4.69, 9.17) is 5.73 Å². The van der Waals surface area contributed by atoms with Gasteiger partial charge < -0.3 is 5.73 Å². The molecule has 0 saturated heterocycles. The van der Waals surface area contributed by atoms with Crippen molar-refractivity contribution >= 4 is 17.2 Å². The number of anilines is 1. The van der Waals surface area contributed by atoms with Crippen molar-refractivity contribution in [2.24, 2.45) is 11.7 Å². The lowest BCUT2D eigenvalue weighted by Crippen LogP contribution is -2.28. The fraction of sp³-hybridized carbons (Fsp3) is 0.238. The van der Waals surface area contributed by atoms with Crippen LogP contribution in [0.25, 0.3) is 5.57 Å². The van der Waals surface area contributed by atoms with Crippen LogP contribution in [0.5, 0.6) is 0 Å². The van der Waals surface area contributed by atoms with Crippen molar-refractivity contribution in [3.8, 4) is 6.07 Å². The Morgan fingerprint density at radius 2 is 1.72 bits per heavy atom. The quantitative estimate of drug-likeness (QED) is 0.920. The molecule has 4 nitrogen and oxygen atoms in total. The summed E-state index contributed by atoms with van der Waals surface area (Å²) in [4.78, 5) is 14.1. The molecule has 0 bridgehead atoms. The summed E-state index contributed by atoms with van der Waals surface area (Å²) in [5.41, 5.74) is 9.80. The predicted molar refractivity (Wildman–Crippen MR) is 99.3 cm³/mol. The summed E-state index contributed by atoms with van der Waals surface area (Å²) in [6, 6.07) is 19.6. The van der Waals surface area contributed by atoms with Crippen LogP contribution < -0.4 is 10.6 Å². The lowest BCUT2D eigenvalue weighted by atomic mass is 9.90. The molecule has 126 valence electrons. The van der Waals surface area contributed by atoms with Crippen LogP contribution in [0.15, 0.2) is 60.4 Å². The van der Waals surface area contributed by atoms with Gasteiger partial charge in [0.1, 0.15) is 5.82 Å². The van der Waals surface area contributed by atoms with Crippen molar-refractivity contribution in [1.82, 2.24) is 0 Å². The normalized spacial score (nSPS) is 15.6. The number of benzene rings is 2. The maximum atomic E-state index is 12.5. The first-order valence-electron chi connectivity index (χ1n) is 8.39. The molecule has 2 aromatic rings. The molecule has 0 fully saturated rings. The zero-order chi connectivity index (χ0) is 18.0. The molecule has 1 aliphatic heterocycles. The molecular formula is C21H21N3O. The van der Waals surface area contributed by atoms with Gasteiger partial charge in [-0.3, -0.25) is 9.69 Å². The first kappa shape index (κ1) is 16.8. The van der Waals surface area contributed by atoms with Gasteiger partial charge in [-0.1, -0.05) is 56.3 Å². The van der Waals surface area contributed by atoms with Crippen LogP contribution in [-0.2, 0) is 4.79 Å². The minimum Gasteiger partial charge on any atom is -0.384 e. The summed E-state index contributed by atoms with van der Waals surface area (Å²) in [6.45, 7) is 4.05. The van der Waals surface area contributed by atoms with Crippen molar-refractivity contribution in [3.05, 3.63) is 71.5 Å². The number of nitrogens with two attached hydrogens (primary N) is 1. The summed E-state index contributed by atoms with van der Waals surface area (Å²) in [6.07, 6.45) is 0.296. The van der Waals surface area contributed by atoms with Gasteiger partial charge in [-0.05, 0) is 29.2 Å². The molecule has 2 N–H and O–H groups in total. The summed E-state index contributed by atoms with van der Waals surface area (Å²) in [5.74, 6) is 0.518. The van der Waals surface area contributed by atoms with E-state index in [1.807, 2.05) is 68.4 Å². The fourth-order valence-corrected chi connectivity index (χ4v) is 3.20. The number of nitriles is 1. The Morgan fingerprint density at radius 1 is 1.08 bits per heavy atom. The average Bonchev–Trinajstić information content (AvgIpc) is 2.91. The first-order valence-corrected chi connectivity index (χ1v) is 8.39. The minimum atomic E-state index is -0.156. The topological polar surface area (TPSA) is 70.1 Å². The Bertz CT molecular complexity index is 845. The molecule has 0 spiro atoms. The van der Waals surface area contributed by atoms with Crippen molar-refractivity contribution in [3.63, 3.8) is 0 Å². The van der Waals surface area contributed by atoms with Crippen molar-refractivity contribution in [2.45, 2.75) is 26.2 Å². The Balaban J connectivity index is 1.93. The zero-order valence-electron chi connectivity index (χ0n) is 14.4. The van der Waals surface area contributed by atoms with E-state index < -0.39 is 0 Å². The van der Waals surface area contributed by atoms with Gasteiger partial charge in [0.05, 0.1) is 24.1 Å². The van der Waals surface area contributed by atoms with Gasteiger partial charge in [0, 0.05) is 5.57 Å². The third-order valence-electron chi connectivity index (χ3n) is 4.57. The molecule has 1 amide bonds. The van der Waals surface area contributed by atoms with E-state index in [9.17, 15) is 10.1 Å². The monoisotopic (exact) mass is 331 g/mol. The van der Waals surface area contributed by atoms with Crippen molar-refractivity contribution < 1.29 is 4.79 Å². The molecular weight excluding hydrogens is 310 g/mol. The van der Waals surface area contributed by atoms with Crippen LogP contribution in [0.4, 0.5) is 5.69 Å². The Labute approximate surface area is 148 Å². The number of carbonyl (C=O) groups is 1. The second kappa shape index (κ2) is 6.82. The number of rotatable bonds is 4. The SMILES string of the molecule is CC(C)C(C#N)c1ccc(N2C(=O)CC(c3ccccc3)=C2N)cc1. The Hall–Kier alpha value is -3.06. The molecule has 1 atom stereocenters. The van der Waals surface area contributed by atoms with Crippen LogP contribution in [0.3, 0.4) is 0 Å². The third-order valence-corrected chi connectivity index (χ3v) is 4.57. The Morgan fingerprint density at radius 3 is 2.28 bits per heavy atom. The van der Waals surface area contributed by atoms with E-state index >= 15 is 0 Å². The molecule has 1 unspecified atom stereocenters. The molecule has 3 rings (SSSR count). The number of carbonyl (C=O) groups excluding carboxylic acids is 1. The van der Waals surface area contributed by atoms with Gasteiger partial charge in [-0.15, -0.1) is 0 Å². The molecule has 0 radical (unpaired) electrons. The highest BCUT2D eigenvalue weighted by molar-refractivity contribution is 6.08. The second-order valence-electron chi connectivity index (χ2n) is 6.58. The van der Waals surface area contributed by atoms with Crippen LogP contribution in [-0.4, -0.2) is 5.91 Å². The molecule has 4 heteroatoms. The standard InChI is InChI=1S/C21H21N3O/c1-14(2)19(13-22)16-8-10-17(11-9-16)24-20(25)12-18(21(24)23)15-6-4-3-5-7-15/h3-11,14,19H,12,23H2,1-2H3. The van der Waals surface area contributed by atoms with Crippen LogP contribution in [0.1, 0.15) is 37.3 Å². The van der Waals surface area contributed by atoms with Gasteiger partial charge in [0.2, 0.25) is 5.91 Å². The fourth-order valence-electron chi connectivity index (χ4n) is 3.20. The van der Waals surface area contributed by atoms with Gasteiger partial charge in [0.15, 0.2) is 0 Å². The summed E-state index contributed by atoms with van der Waals surface area (Å²) in [7, 11) is 0. The summed E-state index contributed by atoms with van der Waals surface area (Å²) in [5, 5.41) is 9.33. The molecule has 25 heavy (non-hydrogen) atoms. The highest BCUT2D eigenvalue weighted by Gasteiger charge is 2.30. The Kier molecular flexibility index (Phi) is 4.58. The van der Waals surface area contributed by atoms with E-state index in [0.717, 1.165) is 22.4 Å². The summed E-state index contributed by atoms with van der Waals surface area (Å²) < 4.78 is 0. The number of nitrogens with zero attached hydrogens (tertiary/aromatic N) is 2. The van der Waals surface area contributed by atoms with Crippen LogP contribution in [0, 0.1) is 17.2 Å². The van der Waals surface area contributed by atoms with Crippen molar-refractivity contribution in [2.75, 3.05) is 4.90 Å². The molecule has 2 aromatic carbocycles. The molecule has 0 aliphatic carbocycles. The molecule has 1 heterocycles. The van der Waals surface area contributed by atoms with E-state index in [2.05, 4.69) is 6.07 Å². The molecule has 0 saturated carbocycles. The number of amides is 1. The number of hydrogen-bond acceptors (Lipinski definition) is 3. The largest absolute Gasteiger partial charge is 0.384 e. The maximum absolute atomic E-state index is 12.5. The maximum Gasteiger partial charge on any atom is 0.237 e. The molecule has 0 aromatic heterocycles.